The molecule has 2 aromatic rings. The average Bonchev–Trinajstić information content (AvgIpc) is 2.55. The van der Waals surface area contributed by atoms with Gasteiger partial charge in [0, 0.05) is 10.1 Å². The Hall–Kier alpha value is -0.950. The van der Waals surface area contributed by atoms with E-state index in [-0.39, 0.29) is 4.88 Å². The fourth-order valence-corrected chi connectivity index (χ4v) is 4.15. The van der Waals surface area contributed by atoms with Crippen molar-refractivity contribution in [3.05, 3.63) is 28.6 Å². The van der Waals surface area contributed by atoms with E-state index in [0.717, 1.165) is 16.9 Å². The second-order valence-electron chi connectivity index (χ2n) is 3.51. The number of halogens is 1. The fraction of sp³-hybridized carbons (Fsp3) is 0.100. The number of rotatable bonds is 2. The number of carbonyl (C=O) groups excluding carboxylic acids is 1. The predicted octanol–water partition coefficient (Wildman–Crippen LogP) is 2.84. The van der Waals surface area contributed by atoms with Gasteiger partial charge in [-0.2, -0.15) is 8.42 Å². The molecular weight excluding hydrogens is 284 g/mol. The van der Waals surface area contributed by atoms with Crippen LogP contribution in [0.2, 0.25) is 0 Å². The summed E-state index contributed by atoms with van der Waals surface area (Å²) in [7, 11) is -4.47. The Bertz CT molecular complexity index is 715. The summed E-state index contributed by atoms with van der Waals surface area (Å²) >= 11 is 6.27. The van der Waals surface area contributed by atoms with Crippen molar-refractivity contribution in [3.8, 4) is 0 Å². The maximum absolute atomic E-state index is 11.3. The van der Waals surface area contributed by atoms with Crippen molar-refractivity contribution in [1.82, 2.24) is 0 Å². The molecule has 4 nitrogen and oxygen atoms in total. The smallest absolute Gasteiger partial charge is 0.282 e. The van der Waals surface area contributed by atoms with E-state index in [9.17, 15) is 13.2 Å². The van der Waals surface area contributed by atoms with Gasteiger partial charge in [-0.25, -0.2) is 0 Å². The number of aryl methyl sites for hydroxylation is 1. The zero-order valence-corrected chi connectivity index (χ0v) is 11.0. The van der Waals surface area contributed by atoms with Crippen LogP contribution in [-0.2, 0) is 10.1 Å². The van der Waals surface area contributed by atoms with Gasteiger partial charge in [-0.05, 0) is 30.2 Å². The Balaban J connectivity index is 2.96. The van der Waals surface area contributed by atoms with Gasteiger partial charge in [0.2, 0.25) is 0 Å². The van der Waals surface area contributed by atoms with Crippen LogP contribution in [0.1, 0.15) is 15.2 Å². The maximum atomic E-state index is 11.3. The Morgan fingerprint density at radius 2 is 2.06 bits per heavy atom. The SMILES string of the molecule is Cc1ccc2c(S(=O)(=O)O)c(C(=O)Cl)sc2c1. The van der Waals surface area contributed by atoms with Crippen molar-refractivity contribution in [2.75, 3.05) is 0 Å². The lowest BCUT2D eigenvalue weighted by atomic mass is 10.2. The summed E-state index contributed by atoms with van der Waals surface area (Å²) < 4.78 is 32.3. The third-order valence-corrected chi connectivity index (χ3v) is 4.76. The van der Waals surface area contributed by atoms with Gasteiger partial charge in [-0.3, -0.25) is 9.35 Å². The highest BCUT2D eigenvalue weighted by atomic mass is 35.5. The molecule has 1 N–H and O–H groups in total. The number of benzene rings is 1. The van der Waals surface area contributed by atoms with E-state index in [1.165, 1.54) is 0 Å². The van der Waals surface area contributed by atoms with Gasteiger partial charge in [-0.1, -0.05) is 12.1 Å². The van der Waals surface area contributed by atoms with Crippen molar-refractivity contribution in [2.45, 2.75) is 11.8 Å². The minimum absolute atomic E-state index is 0.158. The van der Waals surface area contributed by atoms with Gasteiger partial charge in [-0.15, -0.1) is 11.3 Å². The van der Waals surface area contributed by atoms with Gasteiger partial charge in [0.05, 0.1) is 0 Å². The van der Waals surface area contributed by atoms with Crippen molar-refractivity contribution in [3.63, 3.8) is 0 Å². The molecule has 0 saturated heterocycles. The third kappa shape index (κ3) is 2.21. The summed E-state index contributed by atoms with van der Waals surface area (Å²) in [6.45, 7) is 1.84. The van der Waals surface area contributed by atoms with Crippen molar-refractivity contribution < 1.29 is 17.8 Å². The quantitative estimate of drug-likeness (QED) is 0.682. The van der Waals surface area contributed by atoms with E-state index in [1.54, 1.807) is 18.2 Å². The molecule has 0 fully saturated rings. The monoisotopic (exact) mass is 290 g/mol. The van der Waals surface area contributed by atoms with E-state index in [2.05, 4.69) is 0 Å². The lowest BCUT2D eigenvalue weighted by Crippen LogP contribution is -2.02. The molecule has 2 rings (SSSR count). The van der Waals surface area contributed by atoms with Crippen LogP contribution in [0, 0.1) is 6.92 Å². The molecule has 0 aliphatic carbocycles. The van der Waals surface area contributed by atoms with E-state index in [1.807, 2.05) is 6.92 Å². The standard InChI is InChI=1S/C10H7ClO4S2/c1-5-2-3-6-7(4-5)16-8(10(11)12)9(6)17(13,14)15/h2-4H,1H3,(H,13,14,15). The number of hydrogen-bond acceptors (Lipinski definition) is 4. The highest BCUT2D eigenvalue weighted by Gasteiger charge is 2.25. The molecule has 0 saturated carbocycles. The number of hydrogen-bond donors (Lipinski definition) is 1. The summed E-state index contributed by atoms with van der Waals surface area (Å²) in [6.07, 6.45) is 0. The molecule has 0 atom stereocenters. The van der Waals surface area contributed by atoms with E-state index in [0.29, 0.717) is 10.1 Å². The molecule has 17 heavy (non-hydrogen) atoms. The van der Waals surface area contributed by atoms with Crippen LogP contribution in [0.25, 0.3) is 10.1 Å². The summed E-state index contributed by atoms with van der Waals surface area (Å²) in [5.74, 6) is 0. The van der Waals surface area contributed by atoms with E-state index >= 15 is 0 Å². The summed E-state index contributed by atoms with van der Waals surface area (Å²) in [5.41, 5.74) is 0.925. The lowest BCUT2D eigenvalue weighted by Gasteiger charge is -1.97. The fourth-order valence-electron chi connectivity index (χ4n) is 1.57. The summed E-state index contributed by atoms with van der Waals surface area (Å²) in [5, 5.41) is -0.580. The van der Waals surface area contributed by atoms with Crippen LogP contribution < -0.4 is 0 Å². The molecule has 1 aromatic carbocycles. The Morgan fingerprint density at radius 1 is 1.41 bits per heavy atom. The molecule has 90 valence electrons. The van der Waals surface area contributed by atoms with Crippen molar-refractivity contribution in [2.24, 2.45) is 0 Å². The van der Waals surface area contributed by atoms with Crippen molar-refractivity contribution in [1.29, 1.82) is 0 Å². The molecule has 7 heteroatoms. The van der Waals surface area contributed by atoms with Gasteiger partial charge in [0.15, 0.2) is 0 Å². The molecule has 0 spiro atoms. The van der Waals surface area contributed by atoms with Crippen LogP contribution in [0.15, 0.2) is 23.1 Å². The van der Waals surface area contributed by atoms with Crippen LogP contribution >= 0.6 is 22.9 Å². The molecule has 0 radical (unpaired) electrons. The highest BCUT2D eigenvalue weighted by molar-refractivity contribution is 7.86. The number of carbonyl (C=O) groups is 1. The van der Waals surface area contributed by atoms with E-state index in [4.69, 9.17) is 16.2 Å². The normalized spacial score (nSPS) is 11.9. The van der Waals surface area contributed by atoms with Crippen molar-refractivity contribution >= 4 is 48.4 Å². The lowest BCUT2D eigenvalue weighted by molar-refractivity contribution is 0.108. The predicted molar refractivity (Wildman–Crippen MR) is 66.6 cm³/mol. The molecule has 0 aliphatic rings. The molecule has 1 heterocycles. The molecular formula is C10H7ClO4S2. The summed E-state index contributed by atoms with van der Waals surface area (Å²) in [4.78, 5) is 10.6. The first-order valence-corrected chi connectivity index (χ1v) is 7.14. The zero-order valence-electron chi connectivity index (χ0n) is 8.60. The molecule has 0 amide bonds. The van der Waals surface area contributed by atoms with Gasteiger partial charge in [0.1, 0.15) is 9.77 Å². The van der Waals surface area contributed by atoms with Crippen LogP contribution in [0.5, 0.6) is 0 Å². The second-order valence-corrected chi connectivity index (χ2v) is 6.26. The first-order chi connectivity index (χ1) is 7.80. The Labute approximate surface area is 107 Å². The van der Waals surface area contributed by atoms with Crippen LogP contribution in [0.4, 0.5) is 0 Å². The largest absolute Gasteiger partial charge is 0.296 e. The van der Waals surface area contributed by atoms with E-state index < -0.39 is 20.3 Å². The third-order valence-electron chi connectivity index (χ3n) is 2.24. The maximum Gasteiger partial charge on any atom is 0.296 e. The van der Waals surface area contributed by atoms with Crippen LogP contribution in [-0.4, -0.2) is 18.2 Å². The van der Waals surface area contributed by atoms with Gasteiger partial charge < -0.3 is 0 Å². The first-order valence-electron chi connectivity index (χ1n) is 4.51. The Kier molecular flexibility index (Phi) is 2.99. The number of thiophene rings is 1. The highest BCUT2D eigenvalue weighted by Crippen LogP contribution is 2.36. The minimum atomic E-state index is -4.47. The summed E-state index contributed by atoms with van der Waals surface area (Å²) in [6, 6.07) is 4.98. The first kappa shape index (κ1) is 12.5. The Morgan fingerprint density at radius 3 is 2.59 bits per heavy atom. The molecule has 0 bridgehead atoms. The molecule has 0 aliphatic heterocycles. The van der Waals surface area contributed by atoms with Gasteiger partial charge >= 0.3 is 0 Å². The van der Waals surface area contributed by atoms with Crippen LogP contribution in [0.3, 0.4) is 0 Å². The zero-order chi connectivity index (χ0) is 12.8. The van der Waals surface area contributed by atoms with Gasteiger partial charge in [0.25, 0.3) is 15.4 Å². The average molecular weight is 291 g/mol. The number of fused-ring (bicyclic) bond motifs is 1. The minimum Gasteiger partial charge on any atom is -0.282 e. The molecule has 0 unspecified atom stereocenters. The molecule has 1 aromatic heterocycles. The topological polar surface area (TPSA) is 71.4 Å². The second kappa shape index (κ2) is 4.06.